The van der Waals surface area contributed by atoms with E-state index >= 15 is 0 Å². The minimum absolute atomic E-state index is 0.115. The predicted molar refractivity (Wildman–Crippen MR) is 105 cm³/mol. The van der Waals surface area contributed by atoms with E-state index < -0.39 is 0 Å². The summed E-state index contributed by atoms with van der Waals surface area (Å²) in [7, 11) is 0. The van der Waals surface area contributed by atoms with Crippen molar-refractivity contribution in [3.63, 3.8) is 0 Å². The van der Waals surface area contributed by atoms with Crippen molar-refractivity contribution in [3.05, 3.63) is 64.9 Å². The number of benzene rings is 2. The second-order valence-corrected chi connectivity index (χ2v) is 7.01. The molecule has 2 aromatic heterocycles. The molecule has 136 valence electrons. The van der Waals surface area contributed by atoms with E-state index in [-0.39, 0.29) is 18.3 Å². The number of amides is 1. The van der Waals surface area contributed by atoms with Crippen LogP contribution >= 0.6 is 11.3 Å². The standard InChI is InChI=1S/C21H17NO4S/c23-20(8-3-11-22-21(24)19-7-4-12-27-19)25-14-9-10-18-16(13-14)15-5-1-2-6-17(15)26-18/h1-2,4-7,9-10,12-13H,3,8,11H2,(H,22,24). The molecule has 6 heteroatoms. The van der Waals surface area contributed by atoms with Gasteiger partial charge in [0.2, 0.25) is 0 Å². The zero-order valence-corrected chi connectivity index (χ0v) is 15.3. The number of carbonyl (C=O) groups excluding carboxylic acids is 2. The Bertz CT molecular complexity index is 1100. The van der Waals surface area contributed by atoms with Crippen LogP contribution in [0, 0.1) is 0 Å². The van der Waals surface area contributed by atoms with Crippen LogP contribution in [-0.4, -0.2) is 18.4 Å². The van der Waals surface area contributed by atoms with Crippen LogP contribution in [0.15, 0.2) is 64.4 Å². The molecule has 0 spiro atoms. The molecule has 4 aromatic rings. The Kier molecular flexibility index (Phi) is 4.89. The highest BCUT2D eigenvalue weighted by Gasteiger charge is 2.11. The average molecular weight is 379 g/mol. The quantitative estimate of drug-likeness (QED) is 0.298. The van der Waals surface area contributed by atoms with Gasteiger partial charge in [0.25, 0.3) is 5.91 Å². The molecular weight excluding hydrogens is 362 g/mol. The van der Waals surface area contributed by atoms with Crippen molar-refractivity contribution < 1.29 is 18.7 Å². The van der Waals surface area contributed by atoms with E-state index in [1.54, 1.807) is 18.2 Å². The van der Waals surface area contributed by atoms with Crippen molar-refractivity contribution in [1.29, 1.82) is 0 Å². The fraction of sp³-hybridized carbons (Fsp3) is 0.143. The first-order chi connectivity index (χ1) is 13.2. The van der Waals surface area contributed by atoms with Crippen LogP contribution in [0.5, 0.6) is 5.75 Å². The summed E-state index contributed by atoms with van der Waals surface area (Å²) in [6.07, 6.45) is 0.752. The van der Waals surface area contributed by atoms with Crippen LogP contribution in [0.2, 0.25) is 0 Å². The van der Waals surface area contributed by atoms with Gasteiger partial charge >= 0.3 is 5.97 Å². The molecule has 4 rings (SSSR count). The van der Waals surface area contributed by atoms with E-state index in [0.29, 0.717) is 23.6 Å². The smallest absolute Gasteiger partial charge is 0.311 e. The normalized spacial score (nSPS) is 11.0. The lowest BCUT2D eigenvalue weighted by atomic mass is 10.1. The first-order valence-corrected chi connectivity index (χ1v) is 9.52. The number of esters is 1. The lowest BCUT2D eigenvalue weighted by Crippen LogP contribution is -2.24. The Morgan fingerprint density at radius 2 is 1.85 bits per heavy atom. The maximum absolute atomic E-state index is 12.1. The van der Waals surface area contributed by atoms with Gasteiger partial charge in [-0.3, -0.25) is 9.59 Å². The zero-order chi connectivity index (χ0) is 18.6. The van der Waals surface area contributed by atoms with Gasteiger partial charge in [-0.2, -0.15) is 0 Å². The molecule has 0 aliphatic rings. The third kappa shape index (κ3) is 3.85. The number of rotatable bonds is 6. The summed E-state index contributed by atoms with van der Waals surface area (Å²) in [5, 5.41) is 6.55. The minimum Gasteiger partial charge on any atom is -0.456 e. The van der Waals surface area contributed by atoms with E-state index in [0.717, 1.165) is 21.9 Å². The van der Waals surface area contributed by atoms with Crippen molar-refractivity contribution in [3.8, 4) is 5.75 Å². The lowest BCUT2D eigenvalue weighted by Gasteiger charge is -2.05. The summed E-state index contributed by atoms with van der Waals surface area (Å²) in [6, 6.07) is 16.7. The van der Waals surface area contributed by atoms with Crippen LogP contribution in [-0.2, 0) is 4.79 Å². The molecule has 0 aliphatic heterocycles. The Labute approximate surface area is 159 Å². The summed E-state index contributed by atoms with van der Waals surface area (Å²) in [5.41, 5.74) is 1.56. The topological polar surface area (TPSA) is 68.5 Å². The van der Waals surface area contributed by atoms with Gasteiger partial charge < -0.3 is 14.5 Å². The number of furan rings is 1. The highest BCUT2D eigenvalue weighted by molar-refractivity contribution is 7.12. The van der Waals surface area contributed by atoms with Gasteiger partial charge in [0.05, 0.1) is 4.88 Å². The van der Waals surface area contributed by atoms with Gasteiger partial charge in [0, 0.05) is 23.7 Å². The van der Waals surface area contributed by atoms with Gasteiger partial charge in [-0.15, -0.1) is 11.3 Å². The highest BCUT2D eigenvalue weighted by Crippen LogP contribution is 2.31. The molecule has 1 amide bonds. The number of thiophene rings is 1. The monoisotopic (exact) mass is 379 g/mol. The summed E-state index contributed by atoms with van der Waals surface area (Å²) < 4.78 is 11.2. The van der Waals surface area contributed by atoms with E-state index in [4.69, 9.17) is 9.15 Å². The zero-order valence-electron chi connectivity index (χ0n) is 14.4. The fourth-order valence-electron chi connectivity index (χ4n) is 2.88. The Morgan fingerprint density at radius 3 is 2.70 bits per heavy atom. The lowest BCUT2D eigenvalue weighted by molar-refractivity contribution is -0.134. The molecule has 0 unspecified atom stereocenters. The summed E-state index contributed by atoms with van der Waals surface area (Å²) in [4.78, 5) is 24.6. The number of fused-ring (bicyclic) bond motifs is 3. The predicted octanol–water partition coefficient (Wildman–Crippen LogP) is 4.76. The maximum Gasteiger partial charge on any atom is 0.311 e. The van der Waals surface area contributed by atoms with Gasteiger partial charge in [-0.1, -0.05) is 24.3 Å². The van der Waals surface area contributed by atoms with E-state index in [9.17, 15) is 9.59 Å². The Morgan fingerprint density at radius 1 is 1.00 bits per heavy atom. The third-order valence-electron chi connectivity index (χ3n) is 4.17. The summed E-state index contributed by atoms with van der Waals surface area (Å²) in [5.74, 6) is 0.0462. The van der Waals surface area contributed by atoms with Gasteiger partial charge in [0.1, 0.15) is 16.9 Å². The maximum atomic E-state index is 12.1. The van der Waals surface area contributed by atoms with Crippen LogP contribution in [0.1, 0.15) is 22.5 Å². The minimum atomic E-state index is -0.326. The van der Waals surface area contributed by atoms with E-state index in [2.05, 4.69) is 5.32 Å². The highest BCUT2D eigenvalue weighted by atomic mass is 32.1. The molecule has 0 bridgehead atoms. The largest absolute Gasteiger partial charge is 0.456 e. The number of nitrogens with one attached hydrogen (secondary N) is 1. The van der Waals surface area contributed by atoms with Crippen LogP contribution in [0.4, 0.5) is 0 Å². The molecule has 0 saturated carbocycles. The molecule has 0 aliphatic carbocycles. The van der Waals surface area contributed by atoms with Crippen molar-refractivity contribution in [2.75, 3.05) is 6.54 Å². The molecule has 27 heavy (non-hydrogen) atoms. The second kappa shape index (κ2) is 7.63. The number of hydrogen-bond donors (Lipinski definition) is 1. The molecule has 5 nitrogen and oxygen atoms in total. The van der Waals surface area contributed by atoms with Crippen LogP contribution in [0.25, 0.3) is 21.9 Å². The molecule has 2 aromatic carbocycles. The molecule has 0 fully saturated rings. The molecule has 1 N–H and O–H groups in total. The Hall–Kier alpha value is -3.12. The summed E-state index contributed by atoms with van der Waals surface area (Å²) >= 11 is 1.39. The third-order valence-corrected chi connectivity index (χ3v) is 5.04. The number of para-hydroxylation sites is 1. The molecule has 0 saturated heterocycles. The molecule has 2 heterocycles. The average Bonchev–Trinajstić information content (AvgIpc) is 3.33. The number of hydrogen-bond acceptors (Lipinski definition) is 5. The fourth-order valence-corrected chi connectivity index (χ4v) is 3.52. The van der Waals surface area contributed by atoms with Gasteiger partial charge in [-0.05, 0) is 42.1 Å². The van der Waals surface area contributed by atoms with Crippen molar-refractivity contribution in [1.82, 2.24) is 5.32 Å². The van der Waals surface area contributed by atoms with Crippen LogP contribution < -0.4 is 10.1 Å². The van der Waals surface area contributed by atoms with Gasteiger partial charge in [-0.25, -0.2) is 0 Å². The molecular formula is C21H17NO4S. The Balaban J connectivity index is 1.32. The van der Waals surface area contributed by atoms with Crippen molar-refractivity contribution in [2.24, 2.45) is 0 Å². The first-order valence-electron chi connectivity index (χ1n) is 8.64. The SMILES string of the molecule is O=C(CCCNC(=O)c1cccs1)Oc1ccc2oc3ccccc3c2c1. The number of ether oxygens (including phenoxy) is 1. The second-order valence-electron chi connectivity index (χ2n) is 6.07. The summed E-state index contributed by atoms with van der Waals surface area (Å²) in [6.45, 7) is 0.428. The van der Waals surface area contributed by atoms with Crippen molar-refractivity contribution in [2.45, 2.75) is 12.8 Å². The van der Waals surface area contributed by atoms with Gasteiger partial charge in [0.15, 0.2) is 0 Å². The van der Waals surface area contributed by atoms with Crippen LogP contribution in [0.3, 0.4) is 0 Å². The first kappa shape index (κ1) is 17.3. The molecule has 0 radical (unpaired) electrons. The van der Waals surface area contributed by atoms with E-state index in [1.807, 2.05) is 41.8 Å². The number of carbonyl (C=O) groups is 2. The molecule has 0 atom stereocenters. The van der Waals surface area contributed by atoms with Crippen molar-refractivity contribution >= 4 is 45.2 Å². The van der Waals surface area contributed by atoms with E-state index in [1.165, 1.54) is 11.3 Å².